The standard InChI is InChI=1S/C15H21N3O2/c1-19-14-11-12(15-16-5-2-6-17-15)3-4-13(14)18-7-9-20-10-8-18/h3-4,11H,2,5-10H2,1H3,(H,16,17). The van der Waals surface area contributed by atoms with Gasteiger partial charge in [-0.25, -0.2) is 0 Å². The SMILES string of the molecule is COc1cc(C2=NCCCN2)ccc1N1CCOCC1. The number of hydrogen-bond acceptors (Lipinski definition) is 5. The summed E-state index contributed by atoms with van der Waals surface area (Å²) in [6, 6.07) is 6.31. The first-order valence-corrected chi connectivity index (χ1v) is 7.18. The number of rotatable bonds is 3. The number of amidine groups is 1. The zero-order valence-corrected chi connectivity index (χ0v) is 11.9. The molecule has 0 spiro atoms. The van der Waals surface area contributed by atoms with Crippen LogP contribution in [0.4, 0.5) is 5.69 Å². The van der Waals surface area contributed by atoms with Crippen LogP contribution in [0.1, 0.15) is 12.0 Å². The summed E-state index contributed by atoms with van der Waals surface area (Å²) < 4.78 is 11.0. The number of anilines is 1. The summed E-state index contributed by atoms with van der Waals surface area (Å²) in [5.74, 6) is 1.88. The summed E-state index contributed by atoms with van der Waals surface area (Å²) >= 11 is 0. The lowest BCUT2D eigenvalue weighted by atomic mass is 10.1. The molecule has 2 heterocycles. The fourth-order valence-corrected chi connectivity index (χ4v) is 2.62. The third-order valence-electron chi connectivity index (χ3n) is 3.70. The minimum absolute atomic E-state index is 0.777. The van der Waals surface area contributed by atoms with Gasteiger partial charge in [0, 0.05) is 31.7 Å². The number of morpholine rings is 1. The van der Waals surface area contributed by atoms with Crippen molar-refractivity contribution in [3.05, 3.63) is 23.8 Å². The average molecular weight is 275 g/mol. The van der Waals surface area contributed by atoms with Gasteiger partial charge >= 0.3 is 0 Å². The molecular formula is C15H21N3O2. The predicted molar refractivity (Wildman–Crippen MR) is 80.0 cm³/mol. The van der Waals surface area contributed by atoms with Gasteiger partial charge < -0.3 is 19.7 Å². The lowest BCUT2D eigenvalue weighted by molar-refractivity contribution is 0.122. The molecule has 108 valence electrons. The van der Waals surface area contributed by atoms with E-state index in [1.54, 1.807) is 7.11 Å². The van der Waals surface area contributed by atoms with Gasteiger partial charge in [0.2, 0.25) is 0 Å². The first kappa shape index (κ1) is 13.2. The molecule has 1 N–H and O–H groups in total. The van der Waals surface area contributed by atoms with Crippen LogP contribution in [0.5, 0.6) is 5.75 Å². The lowest BCUT2D eigenvalue weighted by Gasteiger charge is -2.30. The maximum atomic E-state index is 5.56. The molecule has 1 aromatic carbocycles. The number of ether oxygens (including phenoxy) is 2. The van der Waals surface area contributed by atoms with Crippen molar-refractivity contribution in [3.8, 4) is 5.75 Å². The van der Waals surface area contributed by atoms with Crippen LogP contribution in [0.15, 0.2) is 23.2 Å². The van der Waals surface area contributed by atoms with E-state index in [0.29, 0.717) is 0 Å². The van der Waals surface area contributed by atoms with Crippen LogP contribution in [-0.2, 0) is 4.74 Å². The van der Waals surface area contributed by atoms with Crippen LogP contribution in [-0.4, -0.2) is 52.3 Å². The summed E-state index contributed by atoms with van der Waals surface area (Å²) in [5.41, 5.74) is 2.23. The second kappa shape index (κ2) is 6.13. The van der Waals surface area contributed by atoms with Crippen molar-refractivity contribution >= 4 is 11.5 Å². The Kier molecular flexibility index (Phi) is 4.06. The van der Waals surface area contributed by atoms with Crippen LogP contribution < -0.4 is 15.0 Å². The first-order chi connectivity index (χ1) is 9.88. The molecule has 0 unspecified atom stereocenters. The van der Waals surface area contributed by atoms with E-state index in [1.807, 2.05) is 0 Å². The van der Waals surface area contributed by atoms with Gasteiger partial charge in [0.25, 0.3) is 0 Å². The monoisotopic (exact) mass is 275 g/mol. The van der Waals surface area contributed by atoms with E-state index in [1.165, 1.54) is 0 Å². The molecule has 0 bridgehead atoms. The van der Waals surface area contributed by atoms with E-state index in [4.69, 9.17) is 9.47 Å². The molecule has 1 fully saturated rings. The molecule has 0 aromatic heterocycles. The van der Waals surface area contributed by atoms with E-state index in [0.717, 1.165) is 68.6 Å². The Labute approximate surface area is 119 Å². The fraction of sp³-hybridized carbons (Fsp3) is 0.533. The molecule has 0 atom stereocenters. The van der Waals surface area contributed by atoms with E-state index in [-0.39, 0.29) is 0 Å². The predicted octanol–water partition coefficient (Wildman–Crippen LogP) is 1.27. The van der Waals surface area contributed by atoms with Crippen molar-refractivity contribution in [1.29, 1.82) is 0 Å². The normalized spacial score (nSPS) is 19.2. The summed E-state index contributed by atoms with van der Waals surface area (Å²) in [7, 11) is 1.72. The Balaban J connectivity index is 1.87. The summed E-state index contributed by atoms with van der Waals surface area (Å²) in [6.45, 7) is 5.27. The molecule has 0 saturated carbocycles. The van der Waals surface area contributed by atoms with Crippen molar-refractivity contribution in [1.82, 2.24) is 5.32 Å². The number of nitrogens with one attached hydrogen (secondary N) is 1. The van der Waals surface area contributed by atoms with E-state index < -0.39 is 0 Å². The zero-order valence-electron chi connectivity index (χ0n) is 11.9. The highest BCUT2D eigenvalue weighted by Crippen LogP contribution is 2.30. The van der Waals surface area contributed by atoms with Crippen LogP contribution >= 0.6 is 0 Å². The molecule has 5 heteroatoms. The second-order valence-corrected chi connectivity index (χ2v) is 5.00. The van der Waals surface area contributed by atoms with Gasteiger partial charge in [-0.2, -0.15) is 0 Å². The summed E-state index contributed by atoms with van der Waals surface area (Å²) in [6.07, 6.45) is 1.10. The molecule has 2 aliphatic heterocycles. The molecular weight excluding hydrogens is 254 g/mol. The quantitative estimate of drug-likeness (QED) is 0.902. The van der Waals surface area contributed by atoms with E-state index >= 15 is 0 Å². The number of aliphatic imine (C=N–C) groups is 1. The molecule has 1 saturated heterocycles. The number of benzene rings is 1. The minimum atomic E-state index is 0.777. The van der Waals surface area contributed by atoms with Crippen LogP contribution in [0.2, 0.25) is 0 Å². The Bertz CT molecular complexity index is 496. The number of nitrogens with zero attached hydrogens (tertiary/aromatic N) is 2. The topological polar surface area (TPSA) is 46.1 Å². The molecule has 0 radical (unpaired) electrons. The first-order valence-electron chi connectivity index (χ1n) is 7.18. The Morgan fingerprint density at radius 3 is 2.85 bits per heavy atom. The zero-order chi connectivity index (χ0) is 13.8. The molecule has 0 aliphatic carbocycles. The molecule has 20 heavy (non-hydrogen) atoms. The number of hydrogen-bond donors (Lipinski definition) is 1. The average Bonchev–Trinajstić information content (AvgIpc) is 2.56. The van der Waals surface area contributed by atoms with Crippen molar-refractivity contribution in [2.24, 2.45) is 4.99 Å². The molecule has 5 nitrogen and oxygen atoms in total. The third kappa shape index (κ3) is 2.72. The largest absolute Gasteiger partial charge is 0.495 e. The molecule has 1 aromatic rings. The van der Waals surface area contributed by atoms with Gasteiger partial charge in [-0.05, 0) is 24.6 Å². The maximum Gasteiger partial charge on any atom is 0.142 e. The third-order valence-corrected chi connectivity index (χ3v) is 3.70. The Morgan fingerprint density at radius 2 is 2.15 bits per heavy atom. The molecule has 3 rings (SSSR count). The van der Waals surface area contributed by atoms with Gasteiger partial charge in [-0.1, -0.05) is 0 Å². The van der Waals surface area contributed by atoms with Gasteiger partial charge in [-0.15, -0.1) is 0 Å². The molecule has 0 amide bonds. The van der Waals surface area contributed by atoms with Crippen molar-refractivity contribution in [2.75, 3.05) is 51.4 Å². The number of methoxy groups -OCH3 is 1. The van der Waals surface area contributed by atoms with Gasteiger partial charge in [0.05, 0.1) is 26.0 Å². The Morgan fingerprint density at radius 1 is 1.30 bits per heavy atom. The van der Waals surface area contributed by atoms with Crippen molar-refractivity contribution in [2.45, 2.75) is 6.42 Å². The second-order valence-electron chi connectivity index (χ2n) is 5.00. The summed E-state index contributed by atoms with van der Waals surface area (Å²) in [4.78, 5) is 6.84. The smallest absolute Gasteiger partial charge is 0.142 e. The van der Waals surface area contributed by atoms with Crippen LogP contribution in [0, 0.1) is 0 Å². The van der Waals surface area contributed by atoms with Gasteiger partial charge in [0.1, 0.15) is 11.6 Å². The lowest BCUT2D eigenvalue weighted by Crippen LogP contribution is -2.36. The fourth-order valence-electron chi connectivity index (χ4n) is 2.62. The highest BCUT2D eigenvalue weighted by Gasteiger charge is 2.17. The summed E-state index contributed by atoms with van der Waals surface area (Å²) in [5, 5.41) is 3.35. The van der Waals surface area contributed by atoms with Crippen molar-refractivity contribution in [3.63, 3.8) is 0 Å². The van der Waals surface area contributed by atoms with Crippen LogP contribution in [0.3, 0.4) is 0 Å². The molecule has 2 aliphatic rings. The Hall–Kier alpha value is -1.75. The van der Waals surface area contributed by atoms with Crippen LogP contribution in [0.25, 0.3) is 0 Å². The van der Waals surface area contributed by atoms with Gasteiger partial charge in [0.15, 0.2) is 0 Å². The minimum Gasteiger partial charge on any atom is -0.495 e. The maximum absolute atomic E-state index is 5.56. The van der Waals surface area contributed by atoms with Crippen molar-refractivity contribution < 1.29 is 9.47 Å². The van der Waals surface area contributed by atoms with E-state index in [9.17, 15) is 0 Å². The highest BCUT2D eigenvalue weighted by atomic mass is 16.5. The highest BCUT2D eigenvalue weighted by molar-refractivity contribution is 6.00. The van der Waals surface area contributed by atoms with Gasteiger partial charge in [-0.3, -0.25) is 4.99 Å². The van der Waals surface area contributed by atoms with E-state index in [2.05, 4.69) is 33.4 Å².